The van der Waals surface area contributed by atoms with E-state index < -0.39 is 0 Å². The largest absolute Gasteiger partial charge is 0.320 e. The van der Waals surface area contributed by atoms with Gasteiger partial charge in [0, 0.05) is 11.6 Å². The van der Waals surface area contributed by atoms with E-state index in [4.69, 9.17) is 5.73 Å². The van der Waals surface area contributed by atoms with Gasteiger partial charge in [0.1, 0.15) is 5.01 Å². The summed E-state index contributed by atoms with van der Waals surface area (Å²) in [7, 11) is 0. The molecule has 0 saturated carbocycles. The first-order valence-electron chi connectivity index (χ1n) is 4.21. The second kappa shape index (κ2) is 3.42. The summed E-state index contributed by atoms with van der Waals surface area (Å²) < 4.78 is 0. The summed E-state index contributed by atoms with van der Waals surface area (Å²) in [5.74, 6) is 0. The summed E-state index contributed by atoms with van der Waals surface area (Å²) in [6, 6.07) is 0. The molecule has 0 aliphatic carbocycles. The lowest BCUT2D eigenvalue weighted by atomic mass is 10.1. The van der Waals surface area contributed by atoms with Crippen molar-refractivity contribution in [1.82, 2.24) is 9.97 Å². The highest BCUT2D eigenvalue weighted by Crippen LogP contribution is 2.28. The normalized spacial score (nSPS) is 11.9. The molecule has 74 valence electrons. The molecule has 14 heavy (non-hydrogen) atoms. The number of hydrogen-bond donors (Lipinski definition) is 1. The fourth-order valence-electron chi connectivity index (χ4n) is 1.03. The first-order chi connectivity index (χ1) is 6.57. The SMILES string of the molecule is CC(C)(N)c1nc(-c2cncs2)cs1. The molecule has 2 rings (SSSR count). The number of nitrogens with zero attached hydrogens (tertiary/aromatic N) is 2. The molecule has 0 atom stereocenters. The van der Waals surface area contributed by atoms with Crippen LogP contribution in [0.15, 0.2) is 17.1 Å². The maximum absolute atomic E-state index is 5.96. The predicted octanol–water partition coefficient (Wildman–Crippen LogP) is 2.46. The van der Waals surface area contributed by atoms with E-state index in [1.165, 1.54) is 0 Å². The monoisotopic (exact) mass is 225 g/mol. The zero-order chi connectivity index (χ0) is 10.2. The molecule has 0 unspecified atom stereocenters. The molecule has 0 saturated heterocycles. The molecule has 0 aromatic carbocycles. The van der Waals surface area contributed by atoms with Gasteiger partial charge in [0.05, 0.1) is 21.6 Å². The fraction of sp³-hybridized carbons (Fsp3) is 0.333. The van der Waals surface area contributed by atoms with Gasteiger partial charge in [0.15, 0.2) is 0 Å². The molecule has 0 radical (unpaired) electrons. The van der Waals surface area contributed by atoms with Gasteiger partial charge in [-0.3, -0.25) is 4.98 Å². The average Bonchev–Trinajstić information content (AvgIpc) is 2.73. The average molecular weight is 225 g/mol. The molecule has 0 bridgehead atoms. The highest BCUT2D eigenvalue weighted by Gasteiger charge is 2.19. The van der Waals surface area contributed by atoms with Crippen molar-refractivity contribution in [1.29, 1.82) is 0 Å². The number of aromatic nitrogens is 2. The molecule has 0 amide bonds. The van der Waals surface area contributed by atoms with Crippen molar-refractivity contribution in [3.05, 3.63) is 22.1 Å². The van der Waals surface area contributed by atoms with Crippen LogP contribution in [0, 0.1) is 0 Å². The summed E-state index contributed by atoms with van der Waals surface area (Å²) in [6.07, 6.45) is 1.83. The van der Waals surface area contributed by atoms with Crippen molar-refractivity contribution >= 4 is 22.7 Å². The molecule has 5 heteroatoms. The van der Waals surface area contributed by atoms with E-state index in [0.717, 1.165) is 15.6 Å². The van der Waals surface area contributed by atoms with Crippen molar-refractivity contribution in [2.75, 3.05) is 0 Å². The van der Waals surface area contributed by atoms with Crippen LogP contribution in [0.1, 0.15) is 18.9 Å². The van der Waals surface area contributed by atoms with Crippen LogP contribution in [-0.2, 0) is 5.54 Å². The molecule has 2 aromatic heterocycles. The quantitative estimate of drug-likeness (QED) is 0.854. The van der Waals surface area contributed by atoms with E-state index in [2.05, 4.69) is 9.97 Å². The third-order valence-corrected chi connectivity index (χ3v) is 3.72. The highest BCUT2D eigenvalue weighted by atomic mass is 32.1. The second-order valence-corrected chi connectivity index (χ2v) is 5.37. The minimum atomic E-state index is -0.354. The second-order valence-electron chi connectivity index (χ2n) is 3.63. The number of thiazole rings is 2. The Kier molecular flexibility index (Phi) is 2.38. The van der Waals surface area contributed by atoms with Crippen molar-refractivity contribution in [2.45, 2.75) is 19.4 Å². The molecular formula is C9H11N3S2. The van der Waals surface area contributed by atoms with Crippen molar-refractivity contribution in [2.24, 2.45) is 5.73 Å². The Balaban J connectivity index is 2.36. The third kappa shape index (κ3) is 1.84. The van der Waals surface area contributed by atoms with E-state index >= 15 is 0 Å². The smallest absolute Gasteiger partial charge is 0.113 e. The molecular weight excluding hydrogens is 214 g/mol. The van der Waals surface area contributed by atoms with E-state index in [-0.39, 0.29) is 5.54 Å². The Hall–Kier alpha value is -0.780. The summed E-state index contributed by atoms with van der Waals surface area (Å²) in [4.78, 5) is 9.60. The minimum absolute atomic E-state index is 0.354. The molecule has 2 aromatic rings. The Morgan fingerprint density at radius 1 is 1.36 bits per heavy atom. The van der Waals surface area contributed by atoms with Crippen LogP contribution < -0.4 is 5.73 Å². The van der Waals surface area contributed by atoms with E-state index in [1.54, 1.807) is 22.7 Å². The summed E-state index contributed by atoms with van der Waals surface area (Å²) >= 11 is 3.19. The highest BCUT2D eigenvalue weighted by molar-refractivity contribution is 7.14. The lowest BCUT2D eigenvalue weighted by Crippen LogP contribution is -2.28. The van der Waals surface area contributed by atoms with Crippen molar-refractivity contribution in [3.63, 3.8) is 0 Å². The fourth-order valence-corrected chi connectivity index (χ4v) is 2.54. The molecule has 0 aliphatic rings. The van der Waals surface area contributed by atoms with Gasteiger partial charge in [-0.05, 0) is 13.8 Å². The standard InChI is InChI=1S/C9H11N3S2/c1-9(2,10)8-12-6(4-13-8)7-3-11-5-14-7/h3-5H,10H2,1-2H3. The molecule has 2 heterocycles. The molecule has 0 fully saturated rings. The minimum Gasteiger partial charge on any atom is -0.320 e. The van der Waals surface area contributed by atoms with Gasteiger partial charge < -0.3 is 5.73 Å². The van der Waals surface area contributed by atoms with Gasteiger partial charge in [-0.25, -0.2) is 4.98 Å². The van der Waals surface area contributed by atoms with Crippen molar-refractivity contribution < 1.29 is 0 Å². The van der Waals surface area contributed by atoms with Crippen LogP contribution in [0.3, 0.4) is 0 Å². The molecule has 2 N–H and O–H groups in total. The molecule has 0 spiro atoms. The maximum Gasteiger partial charge on any atom is 0.113 e. The van der Waals surface area contributed by atoms with Crippen LogP contribution in [-0.4, -0.2) is 9.97 Å². The van der Waals surface area contributed by atoms with Crippen LogP contribution in [0.5, 0.6) is 0 Å². The van der Waals surface area contributed by atoms with Crippen molar-refractivity contribution in [3.8, 4) is 10.6 Å². The van der Waals surface area contributed by atoms with E-state index in [9.17, 15) is 0 Å². The van der Waals surface area contributed by atoms with Crippen LogP contribution >= 0.6 is 22.7 Å². The Morgan fingerprint density at radius 2 is 2.14 bits per heavy atom. The van der Waals surface area contributed by atoms with Gasteiger partial charge in [0.2, 0.25) is 0 Å². The van der Waals surface area contributed by atoms with E-state index in [0.29, 0.717) is 0 Å². The van der Waals surface area contributed by atoms with Gasteiger partial charge >= 0.3 is 0 Å². The topological polar surface area (TPSA) is 51.8 Å². The number of rotatable bonds is 2. The number of nitrogens with two attached hydrogens (primary N) is 1. The third-order valence-electron chi connectivity index (χ3n) is 1.74. The Bertz CT molecular complexity index is 411. The van der Waals surface area contributed by atoms with E-state index in [1.807, 2.05) is 30.9 Å². The van der Waals surface area contributed by atoms with Gasteiger partial charge in [0.25, 0.3) is 0 Å². The van der Waals surface area contributed by atoms with Crippen LogP contribution in [0.25, 0.3) is 10.6 Å². The molecule has 3 nitrogen and oxygen atoms in total. The van der Waals surface area contributed by atoms with Crippen LogP contribution in [0.2, 0.25) is 0 Å². The lowest BCUT2D eigenvalue weighted by molar-refractivity contribution is 0.551. The van der Waals surface area contributed by atoms with Gasteiger partial charge in [-0.15, -0.1) is 22.7 Å². The van der Waals surface area contributed by atoms with Crippen LogP contribution in [0.4, 0.5) is 0 Å². The number of hydrogen-bond acceptors (Lipinski definition) is 5. The van der Waals surface area contributed by atoms with Gasteiger partial charge in [-0.1, -0.05) is 0 Å². The summed E-state index contributed by atoms with van der Waals surface area (Å²) in [5, 5.41) is 2.98. The zero-order valence-electron chi connectivity index (χ0n) is 8.02. The predicted molar refractivity (Wildman–Crippen MR) is 60.4 cm³/mol. The summed E-state index contributed by atoms with van der Waals surface area (Å²) in [6.45, 7) is 3.92. The first kappa shape index (κ1) is 9.76. The lowest BCUT2D eigenvalue weighted by Gasteiger charge is -2.13. The summed E-state index contributed by atoms with van der Waals surface area (Å²) in [5.41, 5.74) is 8.39. The molecule has 0 aliphatic heterocycles. The Morgan fingerprint density at radius 3 is 2.64 bits per heavy atom. The maximum atomic E-state index is 5.96. The zero-order valence-corrected chi connectivity index (χ0v) is 9.65. The first-order valence-corrected chi connectivity index (χ1v) is 5.97. The Labute approximate surface area is 90.6 Å². The van der Waals surface area contributed by atoms with Gasteiger partial charge in [-0.2, -0.15) is 0 Å².